The second-order valence-corrected chi connectivity index (χ2v) is 5.72. The molecule has 2 N–H and O–H groups in total. The first-order valence-corrected chi connectivity index (χ1v) is 8.10. The van der Waals surface area contributed by atoms with E-state index in [2.05, 4.69) is 21.7 Å². The smallest absolute Gasteiger partial charge is 0.200 e. The first kappa shape index (κ1) is 15.2. The van der Waals surface area contributed by atoms with Gasteiger partial charge >= 0.3 is 0 Å². The summed E-state index contributed by atoms with van der Waals surface area (Å²) in [6.45, 7) is 0.598. The van der Waals surface area contributed by atoms with Crippen LogP contribution in [-0.4, -0.2) is 24.6 Å². The Morgan fingerprint density at radius 3 is 2.76 bits per heavy atom. The fourth-order valence-electron chi connectivity index (χ4n) is 2.76. The highest BCUT2D eigenvalue weighted by atomic mass is 16.5. The summed E-state index contributed by atoms with van der Waals surface area (Å²) in [7, 11) is 1.66. The van der Waals surface area contributed by atoms with Crippen LogP contribution in [0.2, 0.25) is 0 Å². The predicted molar refractivity (Wildman–Crippen MR) is 102 cm³/mol. The van der Waals surface area contributed by atoms with Crippen molar-refractivity contribution in [3.05, 3.63) is 72.1 Å². The molecular formula is C20H18N4O. The van der Waals surface area contributed by atoms with Crippen LogP contribution < -0.4 is 15.4 Å². The third kappa shape index (κ3) is 3.30. The van der Waals surface area contributed by atoms with Gasteiger partial charge < -0.3 is 15.4 Å². The Bertz CT molecular complexity index is 964. The van der Waals surface area contributed by atoms with Crippen molar-refractivity contribution < 1.29 is 4.74 Å². The summed E-state index contributed by atoms with van der Waals surface area (Å²) in [6.07, 6.45) is 2.01. The summed E-state index contributed by atoms with van der Waals surface area (Å²) in [5, 5.41) is 7.61. The van der Waals surface area contributed by atoms with Crippen LogP contribution in [0.15, 0.2) is 71.4 Å². The number of pyridine rings is 1. The SMILES string of the molecule is COc1cccc2ccc(/C=C3/CN=C(Nc4ccccc4)N3)nc12. The van der Waals surface area contributed by atoms with Gasteiger partial charge in [-0.1, -0.05) is 36.4 Å². The number of nitrogens with one attached hydrogen (secondary N) is 2. The zero-order valence-electron chi connectivity index (χ0n) is 13.9. The van der Waals surface area contributed by atoms with Gasteiger partial charge in [-0.05, 0) is 30.3 Å². The second-order valence-electron chi connectivity index (χ2n) is 5.72. The second kappa shape index (κ2) is 6.65. The maximum Gasteiger partial charge on any atom is 0.200 e. The van der Waals surface area contributed by atoms with Crippen LogP contribution in [0.1, 0.15) is 5.69 Å². The molecule has 4 rings (SSSR count). The summed E-state index contributed by atoms with van der Waals surface area (Å²) in [5.74, 6) is 1.52. The maximum atomic E-state index is 5.40. The molecule has 0 saturated heterocycles. The van der Waals surface area contributed by atoms with Gasteiger partial charge in [-0.2, -0.15) is 0 Å². The Morgan fingerprint density at radius 1 is 1.04 bits per heavy atom. The van der Waals surface area contributed by atoms with E-state index >= 15 is 0 Å². The van der Waals surface area contributed by atoms with Crippen LogP contribution in [-0.2, 0) is 0 Å². The molecule has 1 aliphatic heterocycles. The number of para-hydroxylation sites is 2. The molecule has 0 unspecified atom stereocenters. The average Bonchev–Trinajstić information content (AvgIpc) is 3.09. The number of aromatic nitrogens is 1. The summed E-state index contributed by atoms with van der Waals surface area (Å²) < 4.78 is 5.40. The van der Waals surface area contributed by atoms with Crippen molar-refractivity contribution in [3.63, 3.8) is 0 Å². The summed E-state index contributed by atoms with van der Waals surface area (Å²) in [6, 6.07) is 19.9. The Hall–Kier alpha value is -3.34. The van der Waals surface area contributed by atoms with E-state index in [4.69, 9.17) is 9.72 Å². The van der Waals surface area contributed by atoms with Gasteiger partial charge in [0.15, 0.2) is 0 Å². The van der Waals surface area contributed by atoms with Gasteiger partial charge in [-0.25, -0.2) is 9.98 Å². The normalized spacial score (nSPS) is 15.1. The molecule has 2 heterocycles. The largest absolute Gasteiger partial charge is 0.494 e. The number of guanidine groups is 1. The molecule has 0 fully saturated rings. The van der Waals surface area contributed by atoms with Gasteiger partial charge in [0, 0.05) is 16.8 Å². The number of ether oxygens (including phenoxy) is 1. The van der Waals surface area contributed by atoms with E-state index in [-0.39, 0.29) is 0 Å². The number of methoxy groups -OCH3 is 1. The molecular weight excluding hydrogens is 312 g/mol. The van der Waals surface area contributed by atoms with Crippen LogP contribution in [0.4, 0.5) is 5.69 Å². The third-order valence-corrected chi connectivity index (χ3v) is 3.97. The molecule has 5 heteroatoms. The number of rotatable bonds is 3. The number of nitrogens with zero attached hydrogens (tertiary/aromatic N) is 2. The van der Waals surface area contributed by atoms with Crippen molar-refractivity contribution >= 4 is 28.6 Å². The fraction of sp³-hybridized carbons (Fsp3) is 0.100. The molecule has 0 atom stereocenters. The zero-order chi connectivity index (χ0) is 17.1. The van der Waals surface area contributed by atoms with Gasteiger partial charge in [0.1, 0.15) is 11.3 Å². The highest BCUT2D eigenvalue weighted by Crippen LogP contribution is 2.24. The van der Waals surface area contributed by atoms with Crippen LogP contribution in [0.25, 0.3) is 17.0 Å². The lowest BCUT2D eigenvalue weighted by Gasteiger charge is -2.07. The Balaban J connectivity index is 1.53. The Labute approximate surface area is 146 Å². The molecule has 0 spiro atoms. The lowest BCUT2D eigenvalue weighted by Crippen LogP contribution is -2.25. The quantitative estimate of drug-likeness (QED) is 0.769. The minimum Gasteiger partial charge on any atom is -0.494 e. The average molecular weight is 330 g/mol. The topological polar surface area (TPSA) is 58.5 Å². The molecule has 0 saturated carbocycles. The van der Waals surface area contributed by atoms with E-state index in [0.29, 0.717) is 6.54 Å². The molecule has 1 aromatic heterocycles. The predicted octanol–water partition coefficient (Wildman–Crippen LogP) is 3.66. The van der Waals surface area contributed by atoms with E-state index in [1.807, 2.05) is 60.7 Å². The first-order chi connectivity index (χ1) is 12.3. The number of anilines is 1. The van der Waals surface area contributed by atoms with E-state index in [9.17, 15) is 0 Å². The molecule has 0 bridgehead atoms. The maximum absolute atomic E-state index is 5.40. The highest BCUT2D eigenvalue weighted by molar-refractivity contribution is 5.97. The van der Waals surface area contributed by atoms with Gasteiger partial charge in [0.25, 0.3) is 0 Å². The molecule has 3 aromatic rings. The van der Waals surface area contributed by atoms with Gasteiger partial charge in [0.05, 0.1) is 19.3 Å². The van der Waals surface area contributed by atoms with E-state index in [1.54, 1.807) is 7.11 Å². The number of fused-ring (bicyclic) bond motifs is 1. The lowest BCUT2D eigenvalue weighted by molar-refractivity contribution is 0.419. The zero-order valence-corrected chi connectivity index (χ0v) is 13.9. The van der Waals surface area contributed by atoms with Crippen molar-refractivity contribution in [2.75, 3.05) is 19.0 Å². The first-order valence-electron chi connectivity index (χ1n) is 8.10. The van der Waals surface area contributed by atoms with Gasteiger partial charge in [-0.15, -0.1) is 0 Å². The molecule has 0 aliphatic carbocycles. The van der Waals surface area contributed by atoms with Crippen molar-refractivity contribution in [3.8, 4) is 5.75 Å². The van der Waals surface area contributed by atoms with Crippen molar-refractivity contribution in [2.24, 2.45) is 4.99 Å². The Kier molecular flexibility index (Phi) is 4.04. The molecule has 0 amide bonds. The minimum absolute atomic E-state index is 0.598. The summed E-state index contributed by atoms with van der Waals surface area (Å²) in [5.41, 5.74) is 3.74. The van der Waals surface area contributed by atoms with Crippen LogP contribution >= 0.6 is 0 Å². The van der Waals surface area contributed by atoms with Crippen molar-refractivity contribution in [2.45, 2.75) is 0 Å². The molecule has 124 valence electrons. The summed E-state index contributed by atoms with van der Waals surface area (Å²) >= 11 is 0. The molecule has 2 aromatic carbocycles. The van der Waals surface area contributed by atoms with E-state index < -0.39 is 0 Å². The Morgan fingerprint density at radius 2 is 1.92 bits per heavy atom. The number of aliphatic imine (C=N–C) groups is 1. The summed E-state index contributed by atoms with van der Waals surface area (Å²) in [4.78, 5) is 9.18. The minimum atomic E-state index is 0.598. The van der Waals surface area contributed by atoms with Crippen molar-refractivity contribution in [1.82, 2.24) is 10.3 Å². The fourth-order valence-corrected chi connectivity index (χ4v) is 2.76. The van der Waals surface area contributed by atoms with Crippen LogP contribution in [0.3, 0.4) is 0 Å². The van der Waals surface area contributed by atoms with Gasteiger partial charge in [0.2, 0.25) is 5.96 Å². The van der Waals surface area contributed by atoms with Crippen LogP contribution in [0, 0.1) is 0 Å². The van der Waals surface area contributed by atoms with Crippen molar-refractivity contribution in [1.29, 1.82) is 0 Å². The number of hydrogen-bond donors (Lipinski definition) is 2. The highest BCUT2D eigenvalue weighted by Gasteiger charge is 2.11. The van der Waals surface area contributed by atoms with Crippen LogP contribution in [0.5, 0.6) is 5.75 Å². The standard InChI is InChI=1S/C20H18N4O/c1-25-18-9-5-6-14-10-11-16(22-19(14)18)12-17-13-21-20(24-17)23-15-7-3-2-4-8-15/h2-12H,13H2,1H3,(H2,21,23,24)/b17-12-. The number of benzene rings is 2. The number of hydrogen-bond acceptors (Lipinski definition) is 5. The molecule has 0 radical (unpaired) electrons. The van der Waals surface area contributed by atoms with Gasteiger partial charge in [-0.3, -0.25) is 0 Å². The van der Waals surface area contributed by atoms with E-state index in [0.717, 1.165) is 39.7 Å². The monoisotopic (exact) mass is 330 g/mol. The molecule has 5 nitrogen and oxygen atoms in total. The molecule has 25 heavy (non-hydrogen) atoms. The van der Waals surface area contributed by atoms with E-state index in [1.165, 1.54) is 0 Å². The molecule has 1 aliphatic rings. The third-order valence-electron chi connectivity index (χ3n) is 3.97. The lowest BCUT2D eigenvalue weighted by atomic mass is 10.2.